The van der Waals surface area contributed by atoms with Crippen LogP contribution in [0.2, 0.25) is 0 Å². The van der Waals surface area contributed by atoms with Crippen LogP contribution < -0.4 is 0 Å². The lowest BCUT2D eigenvalue weighted by atomic mass is 10.0. The molecule has 2 heteroatoms. The van der Waals surface area contributed by atoms with Gasteiger partial charge in [-0.25, -0.2) is 0 Å². The fraction of sp³-hybridized carbons (Fsp3) is 0.556. The molecule has 11 heavy (non-hydrogen) atoms. The van der Waals surface area contributed by atoms with Crippen molar-refractivity contribution in [2.75, 3.05) is 0 Å². The summed E-state index contributed by atoms with van der Waals surface area (Å²) in [6, 6.07) is 0. The molecule has 0 rings (SSSR count). The van der Waals surface area contributed by atoms with Crippen molar-refractivity contribution >= 4 is 0 Å². The van der Waals surface area contributed by atoms with Gasteiger partial charge in [0, 0.05) is 6.42 Å². The van der Waals surface area contributed by atoms with E-state index >= 15 is 0 Å². The van der Waals surface area contributed by atoms with Crippen molar-refractivity contribution in [3.05, 3.63) is 23.5 Å². The quantitative estimate of drug-likeness (QED) is 0.485. The third-order valence-electron chi connectivity index (χ3n) is 1.69. The minimum absolute atomic E-state index is 0.283. The summed E-state index contributed by atoms with van der Waals surface area (Å²) in [4.78, 5) is 0. The molecule has 0 fully saturated rings. The number of aliphatic hydroxyl groups excluding tert-OH is 2. The van der Waals surface area contributed by atoms with Crippen LogP contribution >= 0.6 is 0 Å². The van der Waals surface area contributed by atoms with Gasteiger partial charge >= 0.3 is 0 Å². The lowest BCUT2D eigenvalue weighted by Crippen LogP contribution is -2.08. The average molecular weight is 156 g/mol. The van der Waals surface area contributed by atoms with Crippen LogP contribution in [0.3, 0.4) is 0 Å². The number of allylic oxidation sites excluding steroid dienone is 1. The highest BCUT2D eigenvalue weighted by atomic mass is 16.3. The molecule has 2 N–H and O–H groups in total. The van der Waals surface area contributed by atoms with Gasteiger partial charge in [0.2, 0.25) is 0 Å². The maximum absolute atomic E-state index is 9.30. The molecule has 64 valence electrons. The fourth-order valence-electron chi connectivity index (χ4n) is 0.612. The Morgan fingerprint density at radius 1 is 1.36 bits per heavy atom. The summed E-state index contributed by atoms with van der Waals surface area (Å²) in [7, 11) is 0. The van der Waals surface area contributed by atoms with Crippen LogP contribution in [0, 0.1) is 0 Å². The predicted molar refractivity (Wildman–Crippen MR) is 46.4 cm³/mol. The predicted octanol–water partition coefficient (Wildman–Crippen LogP) is 2.17. The third kappa shape index (κ3) is 3.83. The summed E-state index contributed by atoms with van der Waals surface area (Å²) in [6.07, 6.45) is -0.0606. The van der Waals surface area contributed by atoms with Crippen LogP contribution in [-0.4, -0.2) is 16.3 Å². The van der Waals surface area contributed by atoms with Crippen LogP contribution in [-0.2, 0) is 0 Å². The number of aliphatic hydroxyl groups is 2. The zero-order valence-electron chi connectivity index (χ0n) is 7.39. The van der Waals surface area contributed by atoms with Crippen molar-refractivity contribution in [2.24, 2.45) is 0 Å². The van der Waals surface area contributed by atoms with E-state index in [0.29, 0.717) is 6.42 Å². The molecule has 1 unspecified atom stereocenters. The maximum Gasteiger partial charge on any atom is 0.0882 e. The van der Waals surface area contributed by atoms with Crippen molar-refractivity contribution in [1.82, 2.24) is 0 Å². The monoisotopic (exact) mass is 156 g/mol. The number of hydrogen-bond donors (Lipinski definition) is 2. The molecule has 0 aromatic rings. The van der Waals surface area contributed by atoms with Gasteiger partial charge in [-0.15, -0.1) is 0 Å². The first-order chi connectivity index (χ1) is 4.95. The summed E-state index contributed by atoms with van der Waals surface area (Å²) in [5.74, 6) is 0.283. The van der Waals surface area contributed by atoms with Gasteiger partial charge in [-0.3, -0.25) is 0 Å². The molecule has 0 heterocycles. The van der Waals surface area contributed by atoms with E-state index < -0.39 is 6.10 Å². The number of hydrogen-bond acceptors (Lipinski definition) is 2. The Balaban J connectivity index is 4.06. The maximum atomic E-state index is 9.30. The molecule has 0 amide bonds. The van der Waals surface area contributed by atoms with Crippen molar-refractivity contribution < 1.29 is 10.2 Å². The van der Waals surface area contributed by atoms with Gasteiger partial charge in [0.25, 0.3) is 0 Å². The highest BCUT2D eigenvalue weighted by molar-refractivity contribution is 5.09. The third-order valence-corrected chi connectivity index (χ3v) is 1.69. The Labute approximate surface area is 67.9 Å². The first-order valence-corrected chi connectivity index (χ1v) is 3.64. The van der Waals surface area contributed by atoms with Crippen molar-refractivity contribution in [1.29, 1.82) is 0 Å². The highest BCUT2D eigenvalue weighted by Crippen LogP contribution is 2.12. The second-order valence-corrected chi connectivity index (χ2v) is 2.93. The minimum atomic E-state index is -0.530. The molecule has 0 aliphatic rings. The van der Waals surface area contributed by atoms with Gasteiger partial charge in [0.1, 0.15) is 0 Å². The Morgan fingerprint density at radius 3 is 2.09 bits per heavy atom. The Bertz CT molecular complexity index is 176. The van der Waals surface area contributed by atoms with E-state index in [2.05, 4.69) is 6.58 Å². The van der Waals surface area contributed by atoms with E-state index in [4.69, 9.17) is 5.11 Å². The van der Waals surface area contributed by atoms with Crippen LogP contribution in [0.25, 0.3) is 0 Å². The number of rotatable bonds is 3. The van der Waals surface area contributed by atoms with Gasteiger partial charge in [0.05, 0.1) is 11.9 Å². The second kappa shape index (κ2) is 4.19. The molecular formula is C9H16O2. The summed E-state index contributed by atoms with van der Waals surface area (Å²) in [6.45, 7) is 8.79. The standard InChI is InChI=1S/C9H16O2/c1-6(2)9(11)5-7(3)8(4)10/h9-11H,1,5H2,2-4H3. The van der Waals surface area contributed by atoms with Gasteiger partial charge in [-0.1, -0.05) is 12.2 Å². The van der Waals surface area contributed by atoms with Crippen LogP contribution in [0.4, 0.5) is 0 Å². The molecule has 0 saturated heterocycles. The Morgan fingerprint density at radius 2 is 1.82 bits per heavy atom. The summed E-state index contributed by atoms with van der Waals surface area (Å²) < 4.78 is 0. The van der Waals surface area contributed by atoms with E-state index in [1.165, 1.54) is 0 Å². The van der Waals surface area contributed by atoms with Crippen molar-refractivity contribution in [3.8, 4) is 0 Å². The lowest BCUT2D eigenvalue weighted by molar-refractivity contribution is 0.209. The van der Waals surface area contributed by atoms with Gasteiger partial charge in [0.15, 0.2) is 0 Å². The van der Waals surface area contributed by atoms with Crippen LogP contribution in [0.1, 0.15) is 27.2 Å². The molecule has 0 aliphatic carbocycles. The summed E-state index contributed by atoms with van der Waals surface area (Å²) in [5.41, 5.74) is 1.53. The van der Waals surface area contributed by atoms with Crippen LogP contribution in [0.15, 0.2) is 23.5 Å². The minimum Gasteiger partial charge on any atom is -0.513 e. The molecule has 0 saturated carbocycles. The molecule has 1 atom stereocenters. The van der Waals surface area contributed by atoms with E-state index in [9.17, 15) is 5.11 Å². The topological polar surface area (TPSA) is 40.5 Å². The van der Waals surface area contributed by atoms with Crippen molar-refractivity contribution in [2.45, 2.75) is 33.3 Å². The van der Waals surface area contributed by atoms with Crippen LogP contribution in [0.5, 0.6) is 0 Å². The molecule has 0 bridgehead atoms. The molecule has 0 aromatic heterocycles. The molecule has 0 aromatic carbocycles. The first kappa shape index (κ1) is 10.2. The smallest absolute Gasteiger partial charge is 0.0882 e. The molecule has 0 aliphatic heterocycles. The molecule has 0 radical (unpaired) electrons. The first-order valence-electron chi connectivity index (χ1n) is 3.64. The highest BCUT2D eigenvalue weighted by Gasteiger charge is 2.06. The Kier molecular flexibility index (Phi) is 3.90. The lowest BCUT2D eigenvalue weighted by Gasteiger charge is -2.10. The largest absolute Gasteiger partial charge is 0.513 e. The van der Waals surface area contributed by atoms with E-state index in [1.807, 2.05) is 0 Å². The van der Waals surface area contributed by atoms with E-state index in [1.54, 1.807) is 20.8 Å². The zero-order valence-corrected chi connectivity index (χ0v) is 7.39. The SMILES string of the molecule is C=C(C)C(O)CC(C)=C(C)O. The summed E-state index contributed by atoms with van der Waals surface area (Å²) >= 11 is 0. The zero-order chi connectivity index (χ0) is 9.02. The normalized spacial score (nSPS) is 15.6. The second-order valence-electron chi connectivity index (χ2n) is 2.93. The van der Waals surface area contributed by atoms with Gasteiger partial charge in [-0.2, -0.15) is 0 Å². The van der Waals surface area contributed by atoms with Gasteiger partial charge in [-0.05, 0) is 26.3 Å². The van der Waals surface area contributed by atoms with E-state index in [-0.39, 0.29) is 5.76 Å². The Hall–Kier alpha value is -0.760. The van der Waals surface area contributed by atoms with Gasteiger partial charge < -0.3 is 10.2 Å². The van der Waals surface area contributed by atoms with E-state index in [0.717, 1.165) is 11.1 Å². The molecule has 0 spiro atoms. The summed E-state index contributed by atoms with van der Waals surface area (Å²) in [5, 5.41) is 18.3. The van der Waals surface area contributed by atoms with Crippen molar-refractivity contribution in [3.63, 3.8) is 0 Å². The molecular weight excluding hydrogens is 140 g/mol. The average Bonchev–Trinajstić information content (AvgIpc) is 1.87. The fourth-order valence-corrected chi connectivity index (χ4v) is 0.612. The molecule has 2 nitrogen and oxygen atoms in total.